The molecule has 7 rings (SSSR count). The van der Waals surface area contributed by atoms with E-state index in [1.54, 1.807) is 0 Å². The summed E-state index contributed by atoms with van der Waals surface area (Å²) in [6.07, 6.45) is 8.79. The number of rotatable bonds is 9. The number of nitrogens with one attached hydrogen (secondary N) is 1. The zero-order valence-electron chi connectivity index (χ0n) is 31.1. The molecular formula is C48H51N3+2. The van der Waals surface area contributed by atoms with Crippen molar-refractivity contribution in [3.05, 3.63) is 179 Å². The van der Waals surface area contributed by atoms with Crippen LogP contribution in [-0.2, 0) is 37.0 Å². The first-order valence-electron chi connectivity index (χ1n) is 18.3. The molecule has 256 valence electrons. The molecule has 1 N–H and O–H groups in total. The lowest BCUT2D eigenvalue weighted by molar-refractivity contribution is -0.688. The van der Waals surface area contributed by atoms with Gasteiger partial charge in [0.25, 0.3) is 0 Å². The van der Waals surface area contributed by atoms with Crippen LogP contribution in [0.25, 0.3) is 32.7 Å². The highest BCUT2D eigenvalue weighted by atomic mass is 14.9. The van der Waals surface area contributed by atoms with Gasteiger partial charge < -0.3 is 5.32 Å². The van der Waals surface area contributed by atoms with Gasteiger partial charge in [0, 0.05) is 48.5 Å². The zero-order chi connectivity index (χ0) is 35.6. The summed E-state index contributed by atoms with van der Waals surface area (Å²) >= 11 is 0. The Morgan fingerprint density at radius 3 is 1.39 bits per heavy atom. The minimum absolute atomic E-state index is 0.116. The van der Waals surface area contributed by atoms with E-state index in [4.69, 9.17) is 0 Å². The SMILES string of the molecule is CC(C)(C)c1cc(C[n+]2ccc(-c3cc[n+](Cc4ccc(CNCc5c6ccccc6cc6ccccc56)cc4)cc3)cc2)cc(C(C)(C)C)c1. The Hall–Kier alpha value is -5.12. The van der Waals surface area contributed by atoms with E-state index in [2.05, 4.69) is 202 Å². The number of fused-ring (bicyclic) bond motifs is 2. The summed E-state index contributed by atoms with van der Waals surface area (Å²) in [4.78, 5) is 0. The molecule has 3 nitrogen and oxygen atoms in total. The maximum absolute atomic E-state index is 3.72. The molecule has 0 amide bonds. The van der Waals surface area contributed by atoms with Crippen LogP contribution in [0.15, 0.2) is 146 Å². The Kier molecular flexibility index (Phi) is 9.59. The number of aromatic nitrogens is 2. The summed E-state index contributed by atoms with van der Waals surface area (Å²) < 4.78 is 4.53. The molecule has 0 aliphatic rings. The van der Waals surface area contributed by atoms with Gasteiger partial charge in [0.2, 0.25) is 0 Å². The predicted octanol–water partition coefficient (Wildman–Crippen LogP) is 10.2. The van der Waals surface area contributed by atoms with Gasteiger partial charge in [0.1, 0.15) is 0 Å². The van der Waals surface area contributed by atoms with E-state index in [0.29, 0.717) is 0 Å². The standard InChI is InChI=1S/C48H51N3/c1-47(2,3)42-27-37(28-43(30-42)48(4,5)6)34-51-25-21-39(22-26-51)38-19-23-50(24-20-38)33-36-17-15-35(16-18-36)31-49-32-46-44-13-9-7-11-40(44)29-41-12-8-10-14-45(41)46/h7-30,49H,31-34H2,1-6H3/q+2. The monoisotopic (exact) mass is 669 g/mol. The Labute approximate surface area is 304 Å². The van der Waals surface area contributed by atoms with Crippen LogP contribution in [-0.4, -0.2) is 0 Å². The molecule has 2 heterocycles. The smallest absolute Gasteiger partial charge is 0.173 e. The van der Waals surface area contributed by atoms with Crippen LogP contribution in [0.1, 0.15) is 74.9 Å². The van der Waals surface area contributed by atoms with Crippen LogP contribution in [0.3, 0.4) is 0 Å². The van der Waals surface area contributed by atoms with Crippen molar-refractivity contribution in [1.29, 1.82) is 0 Å². The van der Waals surface area contributed by atoms with Gasteiger partial charge in [-0.15, -0.1) is 0 Å². The topological polar surface area (TPSA) is 19.8 Å². The van der Waals surface area contributed by atoms with E-state index in [1.165, 1.54) is 66.1 Å². The third-order valence-electron chi connectivity index (χ3n) is 10.1. The van der Waals surface area contributed by atoms with E-state index in [1.807, 2.05) is 0 Å². The fourth-order valence-corrected chi connectivity index (χ4v) is 6.97. The fraction of sp³-hybridized carbons (Fsp3) is 0.250. The van der Waals surface area contributed by atoms with E-state index < -0.39 is 0 Å². The summed E-state index contributed by atoms with van der Waals surface area (Å²) in [6.45, 7) is 17.2. The molecule has 0 atom stereocenters. The second-order valence-corrected chi connectivity index (χ2v) is 16.2. The lowest BCUT2D eigenvalue weighted by atomic mass is 9.79. The molecule has 2 aromatic heterocycles. The first-order chi connectivity index (χ1) is 24.5. The quantitative estimate of drug-likeness (QED) is 0.120. The van der Waals surface area contributed by atoms with Crippen molar-refractivity contribution < 1.29 is 9.13 Å². The van der Waals surface area contributed by atoms with Crippen molar-refractivity contribution in [2.24, 2.45) is 0 Å². The van der Waals surface area contributed by atoms with Gasteiger partial charge in [-0.25, -0.2) is 9.13 Å². The van der Waals surface area contributed by atoms with Gasteiger partial charge in [-0.3, -0.25) is 0 Å². The van der Waals surface area contributed by atoms with Gasteiger partial charge in [0.05, 0.1) is 0 Å². The molecular weight excluding hydrogens is 619 g/mol. The van der Waals surface area contributed by atoms with Crippen LogP contribution in [0.2, 0.25) is 0 Å². The summed E-state index contributed by atoms with van der Waals surface area (Å²) in [6, 6.07) is 44.8. The zero-order valence-corrected chi connectivity index (χ0v) is 31.1. The van der Waals surface area contributed by atoms with E-state index in [9.17, 15) is 0 Å². The number of hydrogen-bond donors (Lipinski definition) is 1. The Morgan fingerprint density at radius 1 is 0.451 bits per heavy atom. The van der Waals surface area contributed by atoms with Crippen molar-refractivity contribution in [3.8, 4) is 11.1 Å². The third-order valence-corrected chi connectivity index (χ3v) is 10.1. The maximum Gasteiger partial charge on any atom is 0.173 e. The Bertz CT molecular complexity index is 2180. The van der Waals surface area contributed by atoms with Crippen LogP contribution >= 0.6 is 0 Å². The van der Waals surface area contributed by atoms with E-state index in [-0.39, 0.29) is 10.8 Å². The van der Waals surface area contributed by atoms with Crippen molar-refractivity contribution in [2.45, 2.75) is 78.6 Å². The summed E-state index contributed by atoms with van der Waals surface area (Å²) in [5.41, 5.74) is 10.8. The molecule has 0 saturated heterocycles. The van der Waals surface area contributed by atoms with Gasteiger partial charge in [-0.2, -0.15) is 0 Å². The largest absolute Gasteiger partial charge is 0.309 e. The van der Waals surface area contributed by atoms with Gasteiger partial charge in [0.15, 0.2) is 37.9 Å². The molecule has 0 saturated carbocycles. The number of pyridine rings is 2. The first-order valence-corrected chi connectivity index (χ1v) is 18.3. The predicted molar refractivity (Wildman–Crippen MR) is 213 cm³/mol. The minimum atomic E-state index is 0.116. The van der Waals surface area contributed by atoms with Crippen LogP contribution in [0, 0.1) is 0 Å². The molecule has 0 aliphatic heterocycles. The fourth-order valence-electron chi connectivity index (χ4n) is 6.97. The van der Waals surface area contributed by atoms with E-state index >= 15 is 0 Å². The normalized spacial score (nSPS) is 12.1. The molecule has 3 heteroatoms. The second-order valence-electron chi connectivity index (χ2n) is 16.2. The number of benzene rings is 5. The minimum Gasteiger partial charge on any atom is -0.309 e. The van der Waals surface area contributed by atoms with Crippen LogP contribution in [0.4, 0.5) is 0 Å². The highest BCUT2D eigenvalue weighted by molar-refractivity contribution is 6.02. The van der Waals surface area contributed by atoms with E-state index in [0.717, 1.165) is 26.2 Å². The number of hydrogen-bond acceptors (Lipinski definition) is 1. The summed E-state index contributed by atoms with van der Waals surface area (Å²) in [7, 11) is 0. The summed E-state index contributed by atoms with van der Waals surface area (Å²) in [5, 5.41) is 8.95. The van der Waals surface area contributed by atoms with Crippen molar-refractivity contribution in [1.82, 2.24) is 5.32 Å². The molecule has 5 aromatic carbocycles. The average Bonchev–Trinajstić information content (AvgIpc) is 3.12. The molecule has 0 fully saturated rings. The molecule has 0 unspecified atom stereocenters. The van der Waals surface area contributed by atoms with Gasteiger partial charge >= 0.3 is 0 Å². The third kappa shape index (κ3) is 8.11. The maximum atomic E-state index is 3.72. The molecule has 7 aromatic rings. The lowest BCUT2D eigenvalue weighted by Gasteiger charge is -2.25. The molecule has 0 aliphatic carbocycles. The summed E-state index contributed by atoms with van der Waals surface area (Å²) in [5.74, 6) is 0. The Balaban J connectivity index is 0.961. The van der Waals surface area contributed by atoms with Gasteiger partial charge in [-0.05, 0) is 84.0 Å². The lowest BCUT2D eigenvalue weighted by Crippen LogP contribution is -2.34. The molecule has 0 spiro atoms. The van der Waals surface area contributed by atoms with Gasteiger partial charge in [-0.1, -0.05) is 120 Å². The Morgan fingerprint density at radius 2 is 0.902 bits per heavy atom. The van der Waals surface area contributed by atoms with Crippen molar-refractivity contribution in [3.63, 3.8) is 0 Å². The van der Waals surface area contributed by atoms with Crippen LogP contribution < -0.4 is 14.5 Å². The average molecular weight is 670 g/mol. The number of nitrogens with zero attached hydrogens (tertiary/aromatic N) is 2. The molecule has 51 heavy (non-hydrogen) atoms. The molecule has 0 radical (unpaired) electrons. The van der Waals surface area contributed by atoms with Crippen molar-refractivity contribution in [2.75, 3.05) is 0 Å². The highest BCUT2D eigenvalue weighted by Gasteiger charge is 2.21. The van der Waals surface area contributed by atoms with Crippen molar-refractivity contribution >= 4 is 21.5 Å². The highest BCUT2D eigenvalue weighted by Crippen LogP contribution is 2.31. The molecule has 0 bridgehead atoms. The van der Waals surface area contributed by atoms with Crippen LogP contribution in [0.5, 0.6) is 0 Å². The first kappa shape index (κ1) is 34.3. The second kappa shape index (κ2) is 14.2.